The van der Waals surface area contributed by atoms with Crippen molar-refractivity contribution in [3.05, 3.63) is 39.9 Å². The van der Waals surface area contributed by atoms with Crippen LogP contribution in [0.1, 0.15) is 23.2 Å². The molecule has 0 saturated carbocycles. The molecule has 0 aliphatic heterocycles. The van der Waals surface area contributed by atoms with E-state index in [-0.39, 0.29) is 5.78 Å². The molecule has 0 spiro atoms. The lowest BCUT2D eigenvalue weighted by molar-refractivity contribution is 0.0981. The molecule has 1 rings (SSSR count). The van der Waals surface area contributed by atoms with Gasteiger partial charge in [0.05, 0.1) is 0 Å². The third-order valence-corrected chi connectivity index (χ3v) is 1.65. The van der Waals surface area contributed by atoms with Crippen LogP contribution in [0, 0.1) is 12.0 Å². The van der Waals surface area contributed by atoms with Crippen LogP contribution < -0.4 is 0 Å². The van der Waals surface area contributed by atoms with Crippen LogP contribution in [0.3, 0.4) is 0 Å². The van der Waals surface area contributed by atoms with Crippen LogP contribution >= 0.6 is 0 Å². The zero-order chi connectivity index (χ0) is 12.2. The van der Waals surface area contributed by atoms with Crippen molar-refractivity contribution in [2.75, 3.05) is 13.6 Å². The summed E-state index contributed by atoms with van der Waals surface area (Å²) in [6.45, 7) is 4.78. The van der Waals surface area contributed by atoms with Crippen LogP contribution in [0.2, 0.25) is 0 Å². The van der Waals surface area contributed by atoms with Crippen molar-refractivity contribution in [3.63, 3.8) is 0 Å². The van der Waals surface area contributed by atoms with Crippen LogP contribution in [-0.2, 0) is 0 Å². The molecule has 16 heavy (non-hydrogen) atoms. The molecular weight excluding hydrogens is 204 g/mol. The predicted octanol–water partition coefficient (Wildman–Crippen LogP) is 2.48. The third-order valence-electron chi connectivity index (χ3n) is 1.65. The SMILES string of the molecule is C#[N+]C.N#[N+]CCCC(=O)c1cccnc1. The molecule has 0 unspecified atom stereocenters. The molecule has 0 bridgehead atoms. The summed E-state index contributed by atoms with van der Waals surface area (Å²) in [4.78, 5) is 21.1. The van der Waals surface area contributed by atoms with Crippen molar-refractivity contribution < 1.29 is 4.79 Å². The van der Waals surface area contributed by atoms with E-state index in [2.05, 4.69) is 21.4 Å². The monoisotopic (exact) mass is 218 g/mol. The van der Waals surface area contributed by atoms with Crippen molar-refractivity contribution in [3.8, 4) is 6.57 Å². The Morgan fingerprint density at radius 3 is 2.81 bits per heavy atom. The van der Waals surface area contributed by atoms with Gasteiger partial charge in [0, 0.05) is 30.8 Å². The summed E-state index contributed by atoms with van der Waals surface area (Å²) >= 11 is 0. The fraction of sp³-hybridized carbons (Fsp3) is 0.364. The zero-order valence-electron chi connectivity index (χ0n) is 9.21. The largest absolute Gasteiger partial charge is 0.306 e. The Hall–Kier alpha value is -2.27. The quantitative estimate of drug-likeness (QED) is 0.443. The summed E-state index contributed by atoms with van der Waals surface area (Å²) in [5.74, 6) is 0.0387. The highest BCUT2D eigenvalue weighted by atomic mass is 16.1. The second-order valence-electron chi connectivity index (χ2n) is 2.89. The summed E-state index contributed by atoms with van der Waals surface area (Å²) in [5, 5.41) is 8.15. The van der Waals surface area contributed by atoms with Crippen molar-refractivity contribution in [2.45, 2.75) is 12.8 Å². The number of nitrogens with zero attached hydrogens (tertiary/aromatic N) is 4. The van der Waals surface area contributed by atoms with E-state index in [4.69, 9.17) is 5.39 Å². The van der Waals surface area contributed by atoms with Gasteiger partial charge in [0.25, 0.3) is 13.6 Å². The third kappa shape index (κ3) is 6.22. The summed E-state index contributed by atoms with van der Waals surface area (Å²) in [5.41, 5.74) is 0.612. The zero-order valence-corrected chi connectivity index (χ0v) is 9.21. The average molecular weight is 218 g/mol. The lowest BCUT2D eigenvalue weighted by Crippen LogP contribution is -1.99. The number of carbonyl (C=O) groups is 1. The second-order valence-corrected chi connectivity index (χ2v) is 2.89. The Morgan fingerprint density at radius 2 is 2.31 bits per heavy atom. The number of aromatic nitrogens is 1. The predicted molar refractivity (Wildman–Crippen MR) is 62.0 cm³/mol. The minimum atomic E-state index is 0.0387. The van der Waals surface area contributed by atoms with Gasteiger partial charge in [0.15, 0.2) is 5.78 Å². The first-order chi connectivity index (χ1) is 7.76. The fourth-order valence-corrected chi connectivity index (χ4v) is 0.982. The molecule has 5 heteroatoms. The van der Waals surface area contributed by atoms with Crippen LogP contribution in [0.5, 0.6) is 0 Å². The Morgan fingerprint density at radius 1 is 1.62 bits per heavy atom. The van der Waals surface area contributed by atoms with E-state index >= 15 is 0 Å². The van der Waals surface area contributed by atoms with E-state index in [0.29, 0.717) is 24.9 Å². The first-order valence-electron chi connectivity index (χ1n) is 4.79. The maximum atomic E-state index is 11.4. The lowest BCUT2D eigenvalue weighted by Gasteiger charge is -1.95. The van der Waals surface area contributed by atoms with E-state index in [0.717, 1.165) is 0 Å². The summed E-state index contributed by atoms with van der Waals surface area (Å²) in [6.07, 6.45) is 4.14. The summed E-state index contributed by atoms with van der Waals surface area (Å²) in [6, 6.07) is 3.45. The van der Waals surface area contributed by atoms with Gasteiger partial charge in [0.2, 0.25) is 5.39 Å². The first-order valence-corrected chi connectivity index (χ1v) is 4.79. The number of hydrogen-bond donors (Lipinski definition) is 0. The molecule has 82 valence electrons. The molecule has 0 radical (unpaired) electrons. The van der Waals surface area contributed by atoms with Crippen LogP contribution in [0.15, 0.2) is 24.5 Å². The van der Waals surface area contributed by atoms with Crippen LogP contribution in [0.4, 0.5) is 0 Å². The van der Waals surface area contributed by atoms with Gasteiger partial charge >= 0.3 is 6.54 Å². The number of carbonyl (C=O) groups excluding carboxylic acids is 1. The average Bonchev–Trinajstić information content (AvgIpc) is 2.31. The Labute approximate surface area is 94.6 Å². The van der Waals surface area contributed by atoms with Gasteiger partial charge in [-0.1, -0.05) is 4.85 Å². The minimum absolute atomic E-state index is 0.0387. The molecule has 0 aromatic carbocycles. The fourth-order valence-electron chi connectivity index (χ4n) is 0.982. The number of Topliss-reactive ketones (excluding diaryl/α,β-unsaturated/α-hetero) is 1. The molecule has 0 amide bonds. The number of hydrogen-bond acceptors (Lipinski definition) is 3. The molecule has 0 aliphatic carbocycles. The van der Waals surface area contributed by atoms with Crippen LogP contribution in [-0.4, -0.2) is 24.4 Å². The minimum Gasteiger partial charge on any atom is -0.294 e. The van der Waals surface area contributed by atoms with Gasteiger partial charge in [-0.2, -0.15) is 0 Å². The Balaban J connectivity index is 0.000000673. The number of pyridine rings is 1. The van der Waals surface area contributed by atoms with Crippen molar-refractivity contribution >= 4 is 5.78 Å². The van der Waals surface area contributed by atoms with Gasteiger partial charge in [-0.3, -0.25) is 9.78 Å². The van der Waals surface area contributed by atoms with Crippen molar-refractivity contribution in [1.82, 2.24) is 4.98 Å². The van der Waals surface area contributed by atoms with Crippen LogP contribution in [0.25, 0.3) is 9.82 Å². The van der Waals surface area contributed by atoms with Gasteiger partial charge in [-0.05, 0) is 12.1 Å². The molecule has 0 fully saturated rings. The number of ketones is 1. The van der Waals surface area contributed by atoms with Crippen molar-refractivity contribution in [2.24, 2.45) is 0 Å². The van der Waals surface area contributed by atoms with Gasteiger partial charge in [0.1, 0.15) is 4.98 Å². The highest BCUT2D eigenvalue weighted by Gasteiger charge is 2.06. The standard InChI is InChI=1S/C9H10N3O.C2H4N/c10-12-6-2-4-9(13)8-3-1-5-11-7-8;1-3-2/h1,3,5,7H,2,4,6H2;1H,2H3/q2*+1. The molecule has 1 aromatic heterocycles. The number of rotatable bonds is 4. The molecule has 1 aromatic rings. The molecule has 0 atom stereocenters. The van der Waals surface area contributed by atoms with E-state index in [1.807, 2.05) is 0 Å². The summed E-state index contributed by atoms with van der Waals surface area (Å²) in [7, 11) is 1.53. The number of diazo groups is 1. The van der Waals surface area contributed by atoms with Gasteiger partial charge in [-0.15, -0.1) is 0 Å². The Bertz CT molecular complexity index is 389. The normalized spacial score (nSPS) is 7.94. The molecular formula is C11H14N4O+2. The topological polar surface area (TPSA) is 62.5 Å². The molecule has 1 heterocycles. The maximum absolute atomic E-state index is 11.4. The van der Waals surface area contributed by atoms with E-state index in [1.54, 1.807) is 24.5 Å². The lowest BCUT2D eigenvalue weighted by atomic mass is 10.1. The Kier molecular flexibility index (Phi) is 7.97. The van der Waals surface area contributed by atoms with E-state index in [1.165, 1.54) is 7.05 Å². The maximum Gasteiger partial charge on any atom is 0.306 e. The van der Waals surface area contributed by atoms with Gasteiger partial charge in [-0.25, -0.2) is 0 Å². The highest BCUT2D eigenvalue weighted by Crippen LogP contribution is 2.03. The smallest absolute Gasteiger partial charge is 0.294 e. The first kappa shape index (κ1) is 13.7. The highest BCUT2D eigenvalue weighted by molar-refractivity contribution is 5.95. The molecule has 5 nitrogen and oxygen atoms in total. The molecule has 0 N–H and O–H groups in total. The van der Waals surface area contributed by atoms with Gasteiger partial charge < -0.3 is 0 Å². The molecule has 0 saturated heterocycles. The molecule has 0 aliphatic rings. The van der Waals surface area contributed by atoms with Crippen molar-refractivity contribution in [1.29, 1.82) is 5.39 Å². The second kappa shape index (κ2) is 9.29. The van der Waals surface area contributed by atoms with E-state index in [9.17, 15) is 4.79 Å². The summed E-state index contributed by atoms with van der Waals surface area (Å²) < 4.78 is 0. The van der Waals surface area contributed by atoms with E-state index < -0.39 is 0 Å².